The Bertz CT molecular complexity index is 827. The summed E-state index contributed by atoms with van der Waals surface area (Å²) in [5, 5.41) is 2.80. The summed E-state index contributed by atoms with van der Waals surface area (Å²) in [5.41, 5.74) is 1.13. The van der Waals surface area contributed by atoms with Crippen LogP contribution >= 0.6 is 22.6 Å². The second-order valence-electron chi connectivity index (χ2n) is 5.60. The van der Waals surface area contributed by atoms with Gasteiger partial charge in [0.05, 0.1) is 4.90 Å². The highest BCUT2D eigenvalue weighted by Gasteiger charge is 2.27. The second kappa shape index (κ2) is 7.20. The lowest BCUT2D eigenvalue weighted by Gasteiger charge is -2.15. The molecule has 1 heterocycles. The van der Waals surface area contributed by atoms with Crippen molar-refractivity contribution in [2.75, 3.05) is 18.4 Å². The fourth-order valence-electron chi connectivity index (χ4n) is 2.59. The molecule has 126 valence electrons. The number of hydrogen-bond donors (Lipinski definition) is 1. The molecule has 24 heavy (non-hydrogen) atoms. The molecular weight excluding hydrogens is 439 g/mol. The minimum absolute atomic E-state index is 0.232. The van der Waals surface area contributed by atoms with Crippen LogP contribution in [-0.4, -0.2) is 31.7 Å². The number of anilines is 1. The van der Waals surface area contributed by atoms with Crippen molar-refractivity contribution in [1.29, 1.82) is 0 Å². The smallest absolute Gasteiger partial charge is 0.255 e. The SMILES string of the molecule is O=C(Nc1ccc(I)cc1)c1ccc(S(=O)(=O)N2CCCC2)cc1. The number of sulfonamides is 1. The lowest BCUT2D eigenvalue weighted by molar-refractivity contribution is 0.102. The number of amides is 1. The van der Waals surface area contributed by atoms with Crippen molar-refractivity contribution in [2.45, 2.75) is 17.7 Å². The first kappa shape index (κ1) is 17.4. The van der Waals surface area contributed by atoms with Gasteiger partial charge in [-0.15, -0.1) is 0 Å². The van der Waals surface area contributed by atoms with Gasteiger partial charge in [0.25, 0.3) is 5.91 Å². The van der Waals surface area contributed by atoms with Crippen molar-refractivity contribution >= 4 is 44.2 Å². The Morgan fingerprint density at radius 3 is 2.12 bits per heavy atom. The predicted octanol–water partition coefficient (Wildman–Crippen LogP) is 3.33. The maximum absolute atomic E-state index is 12.5. The summed E-state index contributed by atoms with van der Waals surface area (Å²) in [5.74, 6) is -0.263. The largest absolute Gasteiger partial charge is 0.322 e. The fraction of sp³-hybridized carbons (Fsp3) is 0.235. The summed E-state index contributed by atoms with van der Waals surface area (Å²) >= 11 is 2.19. The van der Waals surface area contributed by atoms with Crippen molar-refractivity contribution in [1.82, 2.24) is 4.31 Å². The van der Waals surface area contributed by atoms with E-state index in [4.69, 9.17) is 0 Å². The number of rotatable bonds is 4. The Balaban J connectivity index is 1.74. The number of carbonyl (C=O) groups is 1. The average Bonchev–Trinajstić information content (AvgIpc) is 3.12. The maximum atomic E-state index is 12.5. The van der Waals surface area contributed by atoms with E-state index in [1.54, 1.807) is 12.1 Å². The molecule has 2 aromatic rings. The van der Waals surface area contributed by atoms with Crippen LogP contribution in [0.4, 0.5) is 5.69 Å². The number of carbonyl (C=O) groups excluding carboxylic acids is 1. The molecule has 1 fully saturated rings. The quantitative estimate of drug-likeness (QED) is 0.718. The third-order valence-corrected chi connectivity index (χ3v) is 6.55. The van der Waals surface area contributed by atoms with Crippen molar-refractivity contribution in [3.63, 3.8) is 0 Å². The molecule has 0 saturated carbocycles. The molecule has 0 bridgehead atoms. The number of hydrogen-bond acceptors (Lipinski definition) is 3. The van der Waals surface area contributed by atoms with Crippen LogP contribution in [0, 0.1) is 3.57 Å². The highest BCUT2D eigenvalue weighted by atomic mass is 127. The van der Waals surface area contributed by atoms with Gasteiger partial charge in [-0.25, -0.2) is 8.42 Å². The van der Waals surface area contributed by atoms with Crippen LogP contribution in [-0.2, 0) is 10.0 Å². The fourth-order valence-corrected chi connectivity index (χ4v) is 4.47. The van der Waals surface area contributed by atoms with Crippen molar-refractivity contribution in [3.05, 3.63) is 57.7 Å². The van der Waals surface area contributed by atoms with Crippen LogP contribution in [0.1, 0.15) is 23.2 Å². The van der Waals surface area contributed by atoms with Gasteiger partial charge in [-0.2, -0.15) is 4.31 Å². The molecule has 7 heteroatoms. The van der Waals surface area contributed by atoms with Gasteiger partial charge in [0.1, 0.15) is 0 Å². The minimum atomic E-state index is -3.44. The lowest BCUT2D eigenvalue weighted by atomic mass is 10.2. The molecule has 1 amide bonds. The molecular formula is C17H17IN2O3S. The van der Waals surface area contributed by atoms with E-state index in [2.05, 4.69) is 27.9 Å². The van der Waals surface area contributed by atoms with E-state index < -0.39 is 10.0 Å². The van der Waals surface area contributed by atoms with E-state index in [9.17, 15) is 13.2 Å². The molecule has 5 nitrogen and oxygen atoms in total. The standard InChI is InChI=1S/C17H17IN2O3S/c18-14-5-7-15(8-6-14)19-17(21)13-3-9-16(10-4-13)24(22,23)20-11-1-2-12-20/h3-10H,1-2,11-12H2,(H,19,21). The normalized spacial score (nSPS) is 15.4. The molecule has 0 aliphatic carbocycles. The van der Waals surface area contributed by atoms with E-state index in [1.807, 2.05) is 24.3 Å². The summed E-state index contributed by atoms with van der Waals surface area (Å²) in [6, 6.07) is 13.5. The van der Waals surface area contributed by atoms with Crippen LogP contribution in [0.15, 0.2) is 53.4 Å². The summed E-state index contributed by atoms with van der Waals surface area (Å²) < 4.78 is 27.5. The Hall–Kier alpha value is -1.45. The van der Waals surface area contributed by atoms with Crippen molar-refractivity contribution in [2.24, 2.45) is 0 Å². The molecule has 0 spiro atoms. The van der Waals surface area contributed by atoms with Gasteiger partial charge in [-0.3, -0.25) is 4.79 Å². The topological polar surface area (TPSA) is 66.5 Å². The van der Waals surface area contributed by atoms with Crippen molar-refractivity contribution in [3.8, 4) is 0 Å². The van der Waals surface area contributed by atoms with Crippen LogP contribution in [0.25, 0.3) is 0 Å². The van der Waals surface area contributed by atoms with E-state index in [1.165, 1.54) is 16.4 Å². The zero-order chi connectivity index (χ0) is 17.2. The van der Waals surface area contributed by atoms with Crippen LogP contribution in [0.2, 0.25) is 0 Å². The molecule has 1 saturated heterocycles. The number of benzene rings is 2. The van der Waals surface area contributed by atoms with E-state index in [-0.39, 0.29) is 10.8 Å². The first-order valence-electron chi connectivity index (χ1n) is 7.64. The first-order chi connectivity index (χ1) is 11.5. The average molecular weight is 456 g/mol. The molecule has 0 aromatic heterocycles. The number of halogens is 1. The van der Waals surface area contributed by atoms with Crippen LogP contribution < -0.4 is 5.32 Å². The third-order valence-electron chi connectivity index (χ3n) is 3.92. The molecule has 1 N–H and O–H groups in total. The maximum Gasteiger partial charge on any atom is 0.255 e. The Kier molecular flexibility index (Phi) is 5.21. The lowest BCUT2D eigenvalue weighted by Crippen LogP contribution is -2.27. The number of nitrogens with zero attached hydrogens (tertiary/aromatic N) is 1. The molecule has 1 aliphatic heterocycles. The molecule has 0 atom stereocenters. The molecule has 3 rings (SSSR count). The summed E-state index contributed by atoms with van der Waals surface area (Å²) in [7, 11) is -3.44. The number of nitrogens with one attached hydrogen (secondary N) is 1. The minimum Gasteiger partial charge on any atom is -0.322 e. The van der Waals surface area contributed by atoms with Gasteiger partial charge >= 0.3 is 0 Å². The Morgan fingerprint density at radius 2 is 1.54 bits per heavy atom. The van der Waals surface area contributed by atoms with Gasteiger partial charge in [0, 0.05) is 27.9 Å². The van der Waals surface area contributed by atoms with Crippen LogP contribution in [0.3, 0.4) is 0 Å². The van der Waals surface area contributed by atoms with Gasteiger partial charge in [-0.05, 0) is 84.0 Å². The molecule has 1 aliphatic rings. The van der Waals surface area contributed by atoms with E-state index in [0.717, 1.165) is 16.4 Å². The molecule has 2 aromatic carbocycles. The zero-order valence-electron chi connectivity index (χ0n) is 12.9. The first-order valence-corrected chi connectivity index (χ1v) is 10.2. The van der Waals surface area contributed by atoms with Gasteiger partial charge in [0.15, 0.2) is 0 Å². The molecule has 0 unspecified atom stereocenters. The van der Waals surface area contributed by atoms with E-state index in [0.29, 0.717) is 24.3 Å². The summed E-state index contributed by atoms with van der Waals surface area (Å²) in [6.07, 6.45) is 1.80. The summed E-state index contributed by atoms with van der Waals surface area (Å²) in [6.45, 7) is 1.13. The second-order valence-corrected chi connectivity index (χ2v) is 8.78. The van der Waals surface area contributed by atoms with Gasteiger partial charge < -0.3 is 5.32 Å². The van der Waals surface area contributed by atoms with Crippen molar-refractivity contribution < 1.29 is 13.2 Å². The Labute approximate surface area is 155 Å². The molecule has 0 radical (unpaired) electrons. The Morgan fingerprint density at radius 1 is 0.958 bits per heavy atom. The summed E-state index contributed by atoms with van der Waals surface area (Å²) in [4.78, 5) is 12.5. The zero-order valence-corrected chi connectivity index (χ0v) is 15.9. The van der Waals surface area contributed by atoms with Gasteiger partial charge in [-0.1, -0.05) is 0 Å². The van der Waals surface area contributed by atoms with Gasteiger partial charge in [0.2, 0.25) is 10.0 Å². The van der Waals surface area contributed by atoms with Crippen LogP contribution in [0.5, 0.6) is 0 Å². The predicted molar refractivity (Wildman–Crippen MR) is 102 cm³/mol. The monoisotopic (exact) mass is 456 g/mol. The third kappa shape index (κ3) is 3.79. The van der Waals surface area contributed by atoms with E-state index >= 15 is 0 Å². The highest BCUT2D eigenvalue weighted by Crippen LogP contribution is 2.21. The highest BCUT2D eigenvalue weighted by molar-refractivity contribution is 14.1.